The van der Waals surface area contributed by atoms with Crippen molar-refractivity contribution in [2.75, 3.05) is 11.1 Å². The van der Waals surface area contributed by atoms with Gasteiger partial charge in [-0.2, -0.15) is 0 Å². The van der Waals surface area contributed by atoms with Gasteiger partial charge in [0.15, 0.2) is 0 Å². The van der Waals surface area contributed by atoms with Crippen molar-refractivity contribution in [3.8, 4) is 11.6 Å². The summed E-state index contributed by atoms with van der Waals surface area (Å²) in [4.78, 5) is 8.81. The summed E-state index contributed by atoms with van der Waals surface area (Å²) in [6.07, 6.45) is 1.54. The van der Waals surface area contributed by atoms with Crippen LogP contribution in [-0.4, -0.2) is 25.2 Å². The van der Waals surface area contributed by atoms with Crippen molar-refractivity contribution in [2.24, 2.45) is 0 Å². The van der Waals surface area contributed by atoms with Gasteiger partial charge in [-0.3, -0.25) is 0 Å². The number of ether oxygens (including phenoxy) is 1. The van der Waals surface area contributed by atoms with Crippen LogP contribution < -0.4 is 15.8 Å². The summed E-state index contributed by atoms with van der Waals surface area (Å²) in [6.45, 7) is 4.48. The lowest BCUT2D eigenvalue weighted by molar-refractivity contribution is 0.0632. The molecule has 2 aromatic carbocycles. The van der Waals surface area contributed by atoms with Gasteiger partial charge in [-0.1, -0.05) is 23.7 Å². The van der Waals surface area contributed by atoms with Gasteiger partial charge < -0.3 is 25.5 Å². The van der Waals surface area contributed by atoms with Crippen molar-refractivity contribution < 1.29 is 9.84 Å². The summed E-state index contributed by atoms with van der Waals surface area (Å²) >= 11 is 5.85. The largest absolute Gasteiger partial charge is 0.439 e. The fourth-order valence-corrected chi connectivity index (χ4v) is 3.33. The van der Waals surface area contributed by atoms with E-state index in [1.54, 1.807) is 32.2 Å². The average molecular weight is 438 g/mol. The number of rotatable bonds is 7. The zero-order valence-electron chi connectivity index (χ0n) is 17.3. The standard InChI is InChI=1S/C23H24ClN5O2/c1-23(2,30)14-29-20-11-17(25)6-9-19(20)28-22(29)27-12-15-3-7-18(8-4-15)31-21-10-5-16(24)13-26-21/h3-11,13,30H,12,14,25H2,1-2H3,(H,27,28). The molecule has 7 nitrogen and oxygen atoms in total. The number of hydrogen-bond donors (Lipinski definition) is 3. The number of imidazole rings is 1. The van der Waals surface area contributed by atoms with Crippen molar-refractivity contribution in [3.63, 3.8) is 0 Å². The van der Waals surface area contributed by atoms with Crippen LogP contribution in [0, 0.1) is 0 Å². The third kappa shape index (κ3) is 5.25. The maximum absolute atomic E-state index is 10.4. The van der Waals surface area contributed by atoms with Gasteiger partial charge in [0.1, 0.15) is 5.75 Å². The molecule has 31 heavy (non-hydrogen) atoms. The first kappa shape index (κ1) is 21.0. The Morgan fingerprint density at radius 2 is 1.90 bits per heavy atom. The summed E-state index contributed by atoms with van der Waals surface area (Å²) < 4.78 is 7.68. The van der Waals surface area contributed by atoms with Gasteiger partial charge in [0, 0.05) is 24.5 Å². The van der Waals surface area contributed by atoms with Crippen LogP contribution in [0.1, 0.15) is 19.4 Å². The van der Waals surface area contributed by atoms with Gasteiger partial charge in [0.25, 0.3) is 0 Å². The highest BCUT2D eigenvalue weighted by atomic mass is 35.5. The number of nitrogens with zero attached hydrogens (tertiary/aromatic N) is 3. The van der Waals surface area contributed by atoms with Crippen LogP contribution >= 0.6 is 11.6 Å². The summed E-state index contributed by atoms with van der Waals surface area (Å²) in [5.74, 6) is 1.84. The molecule has 0 saturated heterocycles. The van der Waals surface area contributed by atoms with Gasteiger partial charge >= 0.3 is 0 Å². The van der Waals surface area contributed by atoms with Crippen LogP contribution in [0.5, 0.6) is 11.6 Å². The number of hydrogen-bond acceptors (Lipinski definition) is 6. The predicted molar refractivity (Wildman–Crippen MR) is 124 cm³/mol. The first-order chi connectivity index (χ1) is 14.8. The summed E-state index contributed by atoms with van der Waals surface area (Å²) in [6, 6.07) is 16.7. The molecule has 160 valence electrons. The molecule has 0 aliphatic rings. The minimum atomic E-state index is -0.899. The molecule has 2 heterocycles. The van der Waals surface area contributed by atoms with Crippen LogP contribution in [0.25, 0.3) is 11.0 Å². The van der Waals surface area contributed by atoms with Crippen LogP contribution in [0.4, 0.5) is 11.6 Å². The maximum Gasteiger partial charge on any atom is 0.219 e. The zero-order chi connectivity index (χ0) is 22.0. The van der Waals surface area contributed by atoms with Crippen molar-refractivity contribution in [1.82, 2.24) is 14.5 Å². The molecule has 0 saturated carbocycles. The van der Waals surface area contributed by atoms with E-state index in [9.17, 15) is 5.11 Å². The number of nitrogens with one attached hydrogen (secondary N) is 1. The lowest BCUT2D eigenvalue weighted by Crippen LogP contribution is -2.27. The van der Waals surface area contributed by atoms with Crippen molar-refractivity contribution >= 4 is 34.3 Å². The third-order valence-electron chi connectivity index (χ3n) is 4.61. The molecular weight excluding hydrogens is 414 g/mol. The molecule has 0 aliphatic heterocycles. The highest BCUT2D eigenvalue weighted by Gasteiger charge is 2.19. The lowest BCUT2D eigenvalue weighted by Gasteiger charge is -2.20. The number of aromatic nitrogens is 3. The van der Waals surface area contributed by atoms with Crippen molar-refractivity contribution in [1.29, 1.82) is 0 Å². The van der Waals surface area contributed by atoms with Crippen LogP contribution in [0.3, 0.4) is 0 Å². The quantitative estimate of drug-likeness (QED) is 0.358. The van der Waals surface area contributed by atoms with E-state index in [1.807, 2.05) is 47.0 Å². The summed E-state index contributed by atoms with van der Waals surface area (Å²) in [7, 11) is 0. The molecule has 0 amide bonds. The normalized spacial score (nSPS) is 11.6. The first-order valence-corrected chi connectivity index (χ1v) is 10.2. The van der Waals surface area contributed by atoms with E-state index >= 15 is 0 Å². The number of anilines is 2. The number of pyridine rings is 1. The Kier molecular flexibility index (Phi) is 5.71. The number of nitrogens with two attached hydrogens (primary N) is 1. The van der Waals surface area contributed by atoms with Crippen molar-refractivity contribution in [2.45, 2.75) is 32.5 Å². The van der Waals surface area contributed by atoms with Gasteiger partial charge in [-0.15, -0.1) is 0 Å². The first-order valence-electron chi connectivity index (χ1n) is 9.87. The molecule has 4 rings (SSSR count). The Bertz CT molecular complexity index is 1180. The molecule has 0 fully saturated rings. The number of benzene rings is 2. The SMILES string of the molecule is CC(C)(O)Cn1c(NCc2ccc(Oc3ccc(Cl)cn3)cc2)nc2ccc(N)cc21. The Morgan fingerprint density at radius 3 is 2.58 bits per heavy atom. The monoisotopic (exact) mass is 437 g/mol. The summed E-state index contributed by atoms with van der Waals surface area (Å²) in [5, 5.41) is 14.3. The van der Waals surface area contributed by atoms with E-state index in [1.165, 1.54) is 0 Å². The van der Waals surface area contributed by atoms with E-state index in [4.69, 9.17) is 22.1 Å². The van der Waals surface area contributed by atoms with Crippen molar-refractivity contribution in [3.05, 3.63) is 71.4 Å². The van der Waals surface area contributed by atoms with Crippen LogP contribution in [0.15, 0.2) is 60.8 Å². The molecule has 0 atom stereocenters. The van der Waals surface area contributed by atoms with E-state index in [0.717, 1.165) is 16.6 Å². The number of halogens is 1. The van der Waals surface area contributed by atoms with Gasteiger partial charge in [-0.05, 0) is 55.8 Å². The molecule has 4 aromatic rings. The second kappa shape index (κ2) is 8.45. The fraction of sp³-hybridized carbons (Fsp3) is 0.217. The smallest absolute Gasteiger partial charge is 0.219 e. The molecular formula is C23H24ClN5O2. The van der Waals surface area contributed by atoms with Crippen LogP contribution in [0.2, 0.25) is 5.02 Å². The number of aliphatic hydroxyl groups is 1. The molecule has 0 radical (unpaired) electrons. The fourth-order valence-electron chi connectivity index (χ4n) is 3.22. The molecule has 0 spiro atoms. The Balaban J connectivity index is 1.49. The molecule has 8 heteroatoms. The average Bonchev–Trinajstić information content (AvgIpc) is 3.04. The van der Waals surface area contributed by atoms with E-state index in [-0.39, 0.29) is 0 Å². The van der Waals surface area contributed by atoms with Gasteiger partial charge in [0.2, 0.25) is 11.8 Å². The highest BCUT2D eigenvalue weighted by molar-refractivity contribution is 6.30. The second-order valence-corrected chi connectivity index (χ2v) is 8.43. The Morgan fingerprint density at radius 1 is 1.13 bits per heavy atom. The predicted octanol–water partition coefficient (Wildman–Crippen LogP) is 4.84. The maximum atomic E-state index is 10.4. The second-order valence-electron chi connectivity index (χ2n) is 8.00. The van der Waals surface area contributed by atoms with E-state index < -0.39 is 5.60 Å². The minimum Gasteiger partial charge on any atom is -0.439 e. The number of fused-ring (bicyclic) bond motifs is 1. The molecule has 0 unspecified atom stereocenters. The summed E-state index contributed by atoms with van der Waals surface area (Å²) in [5.41, 5.74) is 8.47. The molecule has 0 bridgehead atoms. The highest BCUT2D eigenvalue weighted by Crippen LogP contribution is 2.25. The lowest BCUT2D eigenvalue weighted by atomic mass is 10.1. The minimum absolute atomic E-state index is 0.385. The third-order valence-corrected chi connectivity index (χ3v) is 4.84. The molecule has 4 N–H and O–H groups in total. The van der Waals surface area contributed by atoms with E-state index in [0.29, 0.717) is 41.4 Å². The Labute approximate surface area is 185 Å². The van der Waals surface area contributed by atoms with Crippen LogP contribution in [-0.2, 0) is 13.1 Å². The molecule has 0 aliphatic carbocycles. The van der Waals surface area contributed by atoms with Gasteiger partial charge in [-0.25, -0.2) is 9.97 Å². The Hall–Kier alpha value is -3.29. The molecule has 2 aromatic heterocycles. The number of nitrogen functional groups attached to an aromatic ring is 1. The zero-order valence-corrected chi connectivity index (χ0v) is 18.1. The topological polar surface area (TPSA) is 98.2 Å². The van der Waals surface area contributed by atoms with E-state index in [2.05, 4.69) is 15.3 Å². The van der Waals surface area contributed by atoms with Gasteiger partial charge in [0.05, 0.1) is 28.2 Å².